The van der Waals surface area contributed by atoms with Gasteiger partial charge in [0.1, 0.15) is 6.54 Å². The summed E-state index contributed by atoms with van der Waals surface area (Å²) in [5.74, 6) is 1.17. The fourth-order valence-electron chi connectivity index (χ4n) is 4.26. The fourth-order valence-corrected chi connectivity index (χ4v) is 4.26. The number of piperidine rings is 1. The van der Waals surface area contributed by atoms with Crippen LogP contribution in [0, 0.1) is 11.8 Å². The Kier molecular flexibility index (Phi) is 4.41. The maximum atomic E-state index is 12.8. The van der Waals surface area contributed by atoms with Gasteiger partial charge in [-0.2, -0.15) is 0 Å². The van der Waals surface area contributed by atoms with Gasteiger partial charge < -0.3 is 9.80 Å². The van der Waals surface area contributed by atoms with Gasteiger partial charge in [-0.1, -0.05) is 45.9 Å². The molecule has 130 valence electrons. The Morgan fingerprint density at radius 3 is 2.46 bits per heavy atom. The second-order valence-corrected chi connectivity index (χ2v) is 8.30. The van der Waals surface area contributed by atoms with E-state index >= 15 is 0 Å². The van der Waals surface area contributed by atoms with Crippen LogP contribution in [-0.2, 0) is 15.0 Å². The summed E-state index contributed by atoms with van der Waals surface area (Å²) in [5.41, 5.74) is 1.87. The highest BCUT2D eigenvalue weighted by Crippen LogP contribution is 2.40. The van der Waals surface area contributed by atoms with Crippen LogP contribution in [0.15, 0.2) is 24.3 Å². The highest BCUT2D eigenvalue weighted by Gasteiger charge is 2.38. The maximum absolute atomic E-state index is 12.8. The molecule has 0 aliphatic carbocycles. The van der Waals surface area contributed by atoms with Crippen molar-refractivity contribution >= 4 is 17.5 Å². The number of anilines is 1. The molecule has 3 rings (SSSR count). The molecule has 1 fully saturated rings. The van der Waals surface area contributed by atoms with E-state index in [1.807, 2.05) is 23.1 Å². The van der Waals surface area contributed by atoms with Gasteiger partial charge in [-0.25, -0.2) is 0 Å². The standard InChI is InChI=1S/C20H28N2O2/c1-14-9-15(2)12-21(11-14)19(24)13-22-17-8-6-5-7-16(17)20(3,4)10-18(22)23/h5-8,14-15H,9-13H2,1-4H3. The molecule has 0 spiro atoms. The molecule has 1 aromatic rings. The average Bonchev–Trinajstić information content (AvgIpc) is 2.50. The Balaban J connectivity index is 1.82. The summed E-state index contributed by atoms with van der Waals surface area (Å²) in [4.78, 5) is 29.1. The third kappa shape index (κ3) is 3.19. The second-order valence-electron chi connectivity index (χ2n) is 8.30. The van der Waals surface area contributed by atoms with Gasteiger partial charge in [-0.3, -0.25) is 9.59 Å². The van der Waals surface area contributed by atoms with E-state index in [1.165, 1.54) is 6.42 Å². The summed E-state index contributed by atoms with van der Waals surface area (Å²) in [6.45, 7) is 10.3. The number of hydrogen-bond acceptors (Lipinski definition) is 2. The Hall–Kier alpha value is -1.84. The smallest absolute Gasteiger partial charge is 0.242 e. The van der Waals surface area contributed by atoms with Crippen LogP contribution in [0.2, 0.25) is 0 Å². The lowest BCUT2D eigenvalue weighted by Crippen LogP contribution is -2.50. The maximum Gasteiger partial charge on any atom is 0.242 e. The third-order valence-electron chi connectivity index (χ3n) is 5.33. The molecular formula is C20H28N2O2. The molecule has 2 atom stereocenters. The summed E-state index contributed by atoms with van der Waals surface area (Å²) in [7, 11) is 0. The number of amides is 2. The molecule has 1 saturated heterocycles. The molecule has 2 unspecified atom stereocenters. The quantitative estimate of drug-likeness (QED) is 0.836. The van der Waals surface area contributed by atoms with Gasteiger partial charge in [-0.15, -0.1) is 0 Å². The van der Waals surface area contributed by atoms with Crippen molar-refractivity contribution in [3.05, 3.63) is 29.8 Å². The fraction of sp³-hybridized carbons (Fsp3) is 0.600. The van der Waals surface area contributed by atoms with E-state index in [-0.39, 0.29) is 23.8 Å². The van der Waals surface area contributed by atoms with Gasteiger partial charge in [-0.05, 0) is 29.9 Å². The van der Waals surface area contributed by atoms with Crippen LogP contribution >= 0.6 is 0 Å². The summed E-state index contributed by atoms with van der Waals surface area (Å²) in [5, 5.41) is 0. The zero-order chi connectivity index (χ0) is 17.5. The van der Waals surface area contributed by atoms with Crippen LogP contribution in [0.4, 0.5) is 5.69 Å². The lowest BCUT2D eigenvalue weighted by molar-refractivity contribution is -0.134. The predicted octanol–water partition coefficient (Wildman–Crippen LogP) is 3.21. The SMILES string of the molecule is CC1CC(C)CN(C(=O)CN2C(=O)CC(C)(C)c3ccccc32)C1. The molecule has 2 heterocycles. The number of rotatable bonds is 2. The molecule has 4 heteroatoms. The molecule has 1 aromatic carbocycles. The summed E-state index contributed by atoms with van der Waals surface area (Å²) < 4.78 is 0. The molecule has 2 amide bonds. The average molecular weight is 328 g/mol. The first kappa shape index (κ1) is 17.0. The Labute approximate surface area is 144 Å². The summed E-state index contributed by atoms with van der Waals surface area (Å²) in [6.07, 6.45) is 1.62. The Morgan fingerprint density at radius 2 is 1.79 bits per heavy atom. The van der Waals surface area contributed by atoms with Gasteiger partial charge >= 0.3 is 0 Å². The van der Waals surface area contributed by atoms with E-state index in [0.717, 1.165) is 24.3 Å². The molecular weight excluding hydrogens is 300 g/mol. The molecule has 2 aliphatic rings. The monoisotopic (exact) mass is 328 g/mol. The first-order chi connectivity index (χ1) is 11.3. The number of fused-ring (bicyclic) bond motifs is 1. The van der Waals surface area contributed by atoms with Crippen LogP contribution < -0.4 is 4.90 Å². The number of benzene rings is 1. The summed E-state index contributed by atoms with van der Waals surface area (Å²) in [6, 6.07) is 7.98. The first-order valence-corrected chi connectivity index (χ1v) is 8.95. The lowest BCUT2D eigenvalue weighted by Gasteiger charge is -2.40. The largest absolute Gasteiger partial charge is 0.341 e. The number of hydrogen-bond donors (Lipinski definition) is 0. The number of carbonyl (C=O) groups excluding carboxylic acids is 2. The van der Waals surface area contributed by atoms with Crippen molar-refractivity contribution in [3.8, 4) is 0 Å². The van der Waals surface area contributed by atoms with Gasteiger partial charge in [0.2, 0.25) is 11.8 Å². The third-order valence-corrected chi connectivity index (χ3v) is 5.33. The number of carbonyl (C=O) groups is 2. The molecule has 0 N–H and O–H groups in total. The Morgan fingerprint density at radius 1 is 1.17 bits per heavy atom. The number of para-hydroxylation sites is 1. The molecule has 0 radical (unpaired) electrons. The van der Waals surface area contributed by atoms with Crippen molar-refractivity contribution in [3.63, 3.8) is 0 Å². The van der Waals surface area contributed by atoms with Crippen molar-refractivity contribution < 1.29 is 9.59 Å². The zero-order valence-corrected chi connectivity index (χ0v) is 15.2. The minimum Gasteiger partial charge on any atom is -0.341 e. The van der Waals surface area contributed by atoms with Crippen LogP contribution in [0.25, 0.3) is 0 Å². The van der Waals surface area contributed by atoms with Crippen molar-refractivity contribution in [1.29, 1.82) is 0 Å². The molecule has 0 saturated carbocycles. The van der Waals surface area contributed by atoms with Gasteiger partial charge in [0.05, 0.1) is 0 Å². The van der Waals surface area contributed by atoms with Crippen LogP contribution in [0.3, 0.4) is 0 Å². The number of nitrogens with zero attached hydrogens (tertiary/aromatic N) is 2. The van der Waals surface area contributed by atoms with E-state index in [4.69, 9.17) is 0 Å². The zero-order valence-electron chi connectivity index (χ0n) is 15.2. The van der Waals surface area contributed by atoms with Crippen molar-refractivity contribution in [1.82, 2.24) is 4.90 Å². The normalized spacial score (nSPS) is 26.2. The minimum atomic E-state index is -0.179. The van der Waals surface area contributed by atoms with Crippen LogP contribution in [-0.4, -0.2) is 36.3 Å². The van der Waals surface area contributed by atoms with Crippen LogP contribution in [0.1, 0.15) is 46.1 Å². The second kappa shape index (κ2) is 6.23. The minimum absolute atomic E-state index is 0.0464. The van der Waals surface area contributed by atoms with Crippen molar-refractivity contribution in [2.45, 2.75) is 46.0 Å². The van der Waals surface area contributed by atoms with Gasteiger partial charge in [0, 0.05) is 30.6 Å². The van der Waals surface area contributed by atoms with Crippen molar-refractivity contribution in [2.24, 2.45) is 11.8 Å². The van der Waals surface area contributed by atoms with Gasteiger partial charge in [0.25, 0.3) is 0 Å². The molecule has 0 aromatic heterocycles. The van der Waals surface area contributed by atoms with Crippen molar-refractivity contribution in [2.75, 3.05) is 24.5 Å². The molecule has 2 aliphatic heterocycles. The topological polar surface area (TPSA) is 40.6 Å². The predicted molar refractivity (Wildman–Crippen MR) is 96.0 cm³/mol. The van der Waals surface area contributed by atoms with E-state index in [1.54, 1.807) is 4.90 Å². The Bertz CT molecular complexity index is 643. The first-order valence-electron chi connectivity index (χ1n) is 8.95. The van der Waals surface area contributed by atoms with E-state index < -0.39 is 0 Å². The van der Waals surface area contributed by atoms with Crippen LogP contribution in [0.5, 0.6) is 0 Å². The van der Waals surface area contributed by atoms with E-state index in [2.05, 4.69) is 33.8 Å². The molecule has 0 bridgehead atoms. The number of likely N-dealkylation sites (tertiary alicyclic amines) is 1. The molecule has 24 heavy (non-hydrogen) atoms. The van der Waals surface area contributed by atoms with Gasteiger partial charge in [0.15, 0.2) is 0 Å². The molecule has 4 nitrogen and oxygen atoms in total. The van der Waals surface area contributed by atoms with E-state index in [0.29, 0.717) is 18.3 Å². The van der Waals surface area contributed by atoms with E-state index in [9.17, 15) is 9.59 Å². The highest BCUT2D eigenvalue weighted by atomic mass is 16.2. The highest BCUT2D eigenvalue weighted by molar-refractivity contribution is 6.02. The summed E-state index contributed by atoms with van der Waals surface area (Å²) >= 11 is 0. The lowest BCUT2D eigenvalue weighted by atomic mass is 9.77.